The van der Waals surface area contributed by atoms with Gasteiger partial charge in [-0.15, -0.1) is 0 Å². The highest BCUT2D eigenvalue weighted by Crippen LogP contribution is 2.44. The molecule has 0 bridgehead atoms. The van der Waals surface area contributed by atoms with Gasteiger partial charge in [0.1, 0.15) is 11.5 Å². The monoisotopic (exact) mass is 339 g/mol. The topological polar surface area (TPSA) is 47.6 Å². The van der Waals surface area contributed by atoms with E-state index in [2.05, 4.69) is 17.4 Å². The number of nitrogens with one attached hydrogen (secondary N) is 1. The maximum atomic E-state index is 13.1. The summed E-state index contributed by atoms with van der Waals surface area (Å²) in [5, 5.41) is 3.19. The van der Waals surface area contributed by atoms with E-state index in [9.17, 15) is 4.79 Å². The Morgan fingerprint density at radius 2 is 1.80 bits per heavy atom. The summed E-state index contributed by atoms with van der Waals surface area (Å²) in [5.74, 6) is 1.58. The van der Waals surface area contributed by atoms with Gasteiger partial charge in [-0.05, 0) is 43.5 Å². The predicted octanol–water partition coefficient (Wildman–Crippen LogP) is 4.00. The fraction of sp³-hybridized carbons (Fsp3) is 0.381. The molecule has 3 rings (SSSR count). The molecule has 0 radical (unpaired) electrons. The van der Waals surface area contributed by atoms with Gasteiger partial charge >= 0.3 is 0 Å². The molecule has 4 heteroatoms. The molecule has 0 spiro atoms. The van der Waals surface area contributed by atoms with Gasteiger partial charge in [0.05, 0.1) is 25.7 Å². The van der Waals surface area contributed by atoms with Crippen molar-refractivity contribution in [1.29, 1.82) is 0 Å². The summed E-state index contributed by atoms with van der Waals surface area (Å²) in [6, 6.07) is 15.6. The van der Waals surface area contributed by atoms with Crippen LogP contribution < -0.4 is 14.8 Å². The van der Waals surface area contributed by atoms with Crippen LogP contribution in [0.1, 0.15) is 43.4 Å². The van der Waals surface area contributed by atoms with E-state index < -0.39 is 5.41 Å². The molecule has 1 atom stereocenters. The molecule has 1 N–H and O–H groups in total. The molecule has 25 heavy (non-hydrogen) atoms. The molecular weight excluding hydrogens is 314 g/mol. The molecule has 1 amide bonds. The number of amides is 1. The average Bonchev–Trinajstić information content (AvgIpc) is 2.61. The van der Waals surface area contributed by atoms with Gasteiger partial charge in [0, 0.05) is 5.56 Å². The van der Waals surface area contributed by atoms with Crippen LogP contribution in [-0.4, -0.2) is 20.1 Å². The lowest BCUT2D eigenvalue weighted by Crippen LogP contribution is -2.49. The molecule has 1 saturated carbocycles. The Kier molecular flexibility index (Phi) is 4.98. The summed E-state index contributed by atoms with van der Waals surface area (Å²) in [7, 11) is 3.27. The fourth-order valence-corrected chi connectivity index (χ4v) is 3.52. The smallest absolute Gasteiger partial charge is 0.231 e. The molecule has 2 aromatic carbocycles. The lowest BCUT2D eigenvalue weighted by molar-refractivity contribution is -0.130. The number of hydrogen-bond acceptors (Lipinski definition) is 3. The van der Waals surface area contributed by atoms with Crippen LogP contribution in [0.2, 0.25) is 0 Å². The lowest BCUT2D eigenvalue weighted by atomic mass is 9.63. The first-order chi connectivity index (χ1) is 12.1. The molecule has 132 valence electrons. The van der Waals surface area contributed by atoms with Gasteiger partial charge in [-0.3, -0.25) is 4.79 Å². The van der Waals surface area contributed by atoms with E-state index >= 15 is 0 Å². The van der Waals surface area contributed by atoms with Gasteiger partial charge in [0.2, 0.25) is 5.91 Å². The van der Waals surface area contributed by atoms with Crippen molar-refractivity contribution >= 4 is 5.91 Å². The minimum Gasteiger partial charge on any atom is -0.497 e. The number of methoxy groups -OCH3 is 2. The maximum absolute atomic E-state index is 13.1. The standard InChI is InChI=1S/C21H25NO3/c1-15(18-14-17(24-2)10-11-19(18)25-3)22-20(23)21(12-7-13-21)16-8-5-4-6-9-16/h4-6,8-11,14-15H,7,12-13H2,1-3H3,(H,22,23). The van der Waals surface area contributed by atoms with E-state index in [1.807, 2.05) is 43.3 Å². The zero-order valence-corrected chi connectivity index (χ0v) is 15.0. The second-order valence-corrected chi connectivity index (χ2v) is 6.60. The highest BCUT2D eigenvalue weighted by atomic mass is 16.5. The van der Waals surface area contributed by atoms with Crippen LogP contribution >= 0.6 is 0 Å². The third kappa shape index (κ3) is 3.21. The fourth-order valence-electron chi connectivity index (χ4n) is 3.52. The number of carbonyl (C=O) groups excluding carboxylic acids is 1. The summed E-state index contributed by atoms with van der Waals surface area (Å²) in [6.45, 7) is 1.98. The van der Waals surface area contributed by atoms with E-state index in [4.69, 9.17) is 9.47 Å². The van der Waals surface area contributed by atoms with E-state index in [1.165, 1.54) is 0 Å². The van der Waals surface area contributed by atoms with E-state index in [1.54, 1.807) is 14.2 Å². The van der Waals surface area contributed by atoms with Crippen molar-refractivity contribution in [2.45, 2.75) is 37.6 Å². The molecule has 1 unspecified atom stereocenters. The molecule has 0 heterocycles. The SMILES string of the molecule is COc1ccc(OC)c(C(C)NC(=O)C2(c3ccccc3)CCC2)c1. The van der Waals surface area contributed by atoms with Gasteiger partial charge in [0.15, 0.2) is 0 Å². The molecule has 1 aliphatic carbocycles. The molecule has 1 aliphatic rings. The van der Waals surface area contributed by atoms with Crippen molar-refractivity contribution in [3.05, 3.63) is 59.7 Å². The van der Waals surface area contributed by atoms with E-state index in [0.29, 0.717) is 0 Å². The third-order valence-corrected chi connectivity index (χ3v) is 5.22. The van der Waals surface area contributed by atoms with Gasteiger partial charge in [-0.2, -0.15) is 0 Å². The summed E-state index contributed by atoms with van der Waals surface area (Å²) in [5.41, 5.74) is 1.61. The normalized spacial score (nSPS) is 16.4. The van der Waals surface area contributed by atoms with Crippen LogP contribution in [-0.2, 0) is 10.2 Å². The number of benzene rings is 2. The second-order valence-electron chi connectivity index (χ2n) is 6.60. The number of ether oxygens (including phenoxy) is 2. The number of rotatable bonds is 6. The molecule has 4 nitrogen and oxygen atoms in total. The Bertz CT molecular complexity index is 738. The molecule has 0 aliphatic heterocycles. The second kappa shape index (κ2) is 7.18. The van der Waals surface area contributed by atoms with E-state index in [-0.39, 0.29) is 11.9 Å². The number of hydrogen-bond donors (Lipinski definition) is 1. The van der Waals surface area contributed by atoms with Crippen LogP contribution in [0.5, 0.6) is 11.5 Å². The van der Waals surface area contributed by atoms with Crippen LogP contribution in [0.4, 0.5) is 0 Å². The lowest BCUT2D eigenvalue weighted by Gasteiger charge is -2.41. The molecule has 1 fully saturated rings. The Balaban J connectivity index is 1.83. The first-order valence-corrected chi connectivity index (χ1v) is 8.69. The Morgan fingerprint density at radius 1 is 1.08 bits per heavy atom. The largest absolute Gasteiger partial charge is 0.497 e. The highest BCUT2D eigenvalue weighted by Gasteiger charge is 2.45. The van der Waals surface area contributed by atoms with Crippen molar-refractivity contribution in [3.8, 4) is 11.5 Å². The van der Waals surface area contributed by atoms with Crippen LogP contribution in [0, 0.1) is 0 Å². The third-order valence-electron chi connectivity index (χ3n) is 5.22. The van der Waals surface area contributed by atoms with Crippen molar-refractivity contribution in [2.75, 3.05) is 14.2 Å². The van der Waals surface area contributed by atoms with Gasteiger partial charge in [0.25, 0.3) is 0 Å². The predicted molar refractivity (Wildman–Crippen MR) is 98.1 cm³/mol. The molecule has 2 aromatic rings. The zero-order valence-electron chi connectivity index (χ0n) is 15.0. The first-order valence-electron chi connectivity index (χ1n) is 8.69. The van der Waals surface area contributed by atoms with Crippen molar-refractivity contribution in [1.82, 2.24) is 5.32 Å². The Morgan fingerprint density at radius 3 is 2.36 bits per heavy atom. The average molecular weight is 339 g/mol. The summed E-state index contributed by atoms with van der Waals surface area (Å²) >= 11 is 0. The Labute approximate surface area is 149 Å². The molecule has 0 aromatic heterocycles. The first kappa shape index (κ1) is 17.3. The molecule has 0 saturated heterocycles. The van der Waals surface area contributed by atoms with Crippen molar-refractivity contribution in [3.63, 3.8) is 0 Å². The van der Waals surface area contributed by atoms with Gasteiger partial charge in [-0.25, -0.2) is 0 Å². The highest BCUT2D eigenvalue weighted by molar-refractivity contribution is 5.89. The van der Waals surface area contributed by atoms with Gasteiger partial charge < -0.3 is 14.8 Å². The van der Waals surface area contributed by atoms with Crippen LogP contribution in [0.15, 0.2) is 48.5 Å². The molecular formula is C21H25NO3. The Hall–Kier alpha value is -2.49. The van der Waals surface area contributed by atoms with Crippen molar-refractivity contribution < 1.29 is 14.3 Å². The minimum atomic E-state index is -0.401. The summed E-state index contributed by atoms with van der Waals surface area (Å²) in [6.07, 6.45) is 2.87. The van der Waals surface area contributed by atoms with E-state index in [0.717, 1.165) is 41.9 Å². The number of carbonyl (C=O) groups is 1. The maximum Gasteiger partial charge on any atom is 0.231 e. The minimum absolute atomic E-state index is 0.0855. The summed E-state index contributed by atoms with van der Waals surface area (Å²) in [4.78, 5) is 13.1. The quantitative estimate of drug-likeness (QED) is 0.865. The summed E-state index contributed by atoms with van der Waals surface area (Å²) < 4.78 is 10.8. The van der Waals surface area contributed by atoms with Crippen LogP contribution in [0.3, 0.4) is 0 Å². The zero-order chi connectivity index (χ0) is 17.9. The van der Waals surface area contributed by atoms with Gasteiger partial charge in [-0.1, -0.05) is 36.8 Å². The van der Waals surface area contributed by atoms with Crippen LogP contribution in [0.25, 0.3) is 0 Å². The van der Waals surface area contributed by atoms with Crippen molar-refractivity contribution in [2.24, 2.45) is 0 Å².